The number of hydrogen-bond donors (Lipinski definition) is 2. The summed E-state index contributed by atoms with van der Waals surface area (Å²) >= 11 is 0. The number of carbonyl (C=O) groups is 1. The lowest BCUT2D eigenvalue weighted by Crippen LogP contribution is -2.56. The van der Waals surface area contributed by atoms with E-state index >= 15 is 4.39 Å². The molecule has 2 aromatic rings. The molecule has 2 N–H and O–H groups in total. The Bertz CT molecular complexity index is 990. The van der Waals surface area contributed by atoms with Gasteiger partial charge in [-0.15, -0.1) is 0 Å². The second-order valence-electron chi connectivity index (χ2n) is 7.93. The number of benzene rings is 1. The van der Waals surface area contributed by atoms with Crippen LogP contribution in [0.15, 0.2) is 23.1 Å². The highest BCUT2D eigenvalue weighted by atomic mass is 19.1. The summed E-state index contributed by atoms with van der Waals surface area (Å²) in [6.07, 6.45) is 3.65. The van der Waals surface area contributed by atoms with E-state index in [0.717, 1.165) is 25.7 Å². The van der Waals surface area contributed by atoms with Gasteiger partial charge < -0.3 is 24.6 Å². The summed E-state index contributed by atoms with van der Waals surface area (Å²) in [6, 6.07) is 3.69. The van der Waals surface area contributed by atoms with Gasteiger partial charge in [0.25, 0.3) is 0 Å². The van der Waals surface area contributed by atoms with Crippen LogP contribution >= 0.6 is 0 Å². The molecule has 2 heterocycles. The predicted octanol–water partition coefficient (Wildman–Crippen LogP) is 3.50. The van der Waals surface area contributed by atoms with Gasteiger partial charge in [-0.3, -0.25) is 4.79 Å². The molecule has 156 valence electrons. The molecule has 4 rings (SSSR count). The van der Waals surface area contributed by atoms with Gasteiger partial charge in [0.2, 0.25) is 5.43 Å². The minimum atomic E-state index is -1.56. The van der Waals surface area contributed by atoms with Crippen molar-refractivity contribution in [2.24, 2.45) is 0 Å². The Labute approximate surface area is 168 Å². The topological polar surface area (TPSA) is 83.8 Å². The Morgan fingerprint density at radius 1 is 1.24 bits per heavy atom. The van der Waals surface area contributed by atoms with Gasteiger partial charge in [0.1, 0.15) is 5.82 Å². The molecule has 2 atom stereocenters. The molecule has 2 fully saturated rings. The van der Waals surface area contributed by atoms with Crippen LogP contribution < -0.4 is 20.4 Å². The number of piperazine rings is 1. The van der Waals surface area contributed by atoms with E-state index in [2.05, 4.69) is 28.8 Å². The monoisotopic (exact) mass is 403 g/mol. The van der Waals surface area contributed by atoms with Crippen molar-refractivity contribution >= 4 is 22.7 Å². The van der Waals surface area contributed by atoms with E-state index in [0.29, 0.717) is 24.3 Å². The number of carboxylic acid groups (broad SMARTS) is 1. The first-order chi connectivity index (χ1) is 13.9. The van der Waals surface area contributed by atoms with Gasteiger partial charge in [0.15, 0.2) is 5.75 Å². The van der Waals surface area contributed by atoms with Gasteiger partial charge in [-0.2, -0.15) is 0 Å². The van der Waals surface area contributed by atoms with Crippen LogP contribution in [0.2, 0.25) is 0 Å². The van der Waals surface area contributed by atoms with Crippen molar-refractivity contribution in [1.82, 2.24) is 9.88 Å². The second kappa shape index (κ2) is 7.67. The van der Waals surface area contributed by atoms with Crippen LogP contribution in [-0.2, 0) is 0 Å². The lowest BCUT2D eigenvalue weighted by molar-refractivity contribution is 0.143. The minimum Gasteiger partial charge on any atom is -0.449 e. The maximum absolute atomic E-state index is 15.1. The zero-order valence-corrected chi connectivity index (χ0v) is 16.7. The van der Waals surface area contributed by atoms with E-state index in [1.54, 1.807) is 6.07 Å². The molecular formula is C21H26FN3O4. The molecule has 1 aromatic carbocycles. The van der Waals surface area contributed by atoms with E-state index in [9.17, 15) is 9.59 Å². The van der Waals surface area contributed by atoms with Gasteiger partial charge in [0, 0.05) is 31.2 Å². The summed E-state index contributed by atoms with van der Waals surface area (Å²) in [4.78, 5) is 25.7. The second-order valence-corrected chi connectivity index (χ2v) is 7.93. The van der Waals surface area contributed by atoms with Gasteiger partial charge in [-0.05, 0) is 37.8 Å². The largest absolute Gasteiger partial charge is 0.511 e. The lowest BCUT2D eigenvalue weighted by Gasteiger charge is -2.40. The van der Waals surface area contributed by atoms with Crippen LogP contribution in [0.25, 0.3) is 10.9 Å². The van der Waals surface area contributed by atoms with E-state index in [1.807, 2.05) is 4.57 Å². The first-order valence-corrected chi connectivity index (χ1v) is 10.2. The first-order valence-electron chi connectivity index (χ1n) is 10.2. The van der Waals surface area contributed by atoms with E-state index in [1.165, 1.54) is 12.3 Å². The Morgan fingerprint density at radius 3 is 2.45 bits per heavy atom. The SMILES string of the molecule is CCC1CN(c2cc3c(cc2F)c(=O)c(OC(=O)O)cn3C2CC2)CC(CC)N1. The molecule has 2 unspecified atom stereocenters. The molecule has 8 heteroatoms. The molecule has 0 radical (unpaired) electrons. The molecular weight excluding hydrogens is 377 g/mol. The first kappa shape index (κ1) is 19.7. The van der Waals surface area contributed by atoms with E-state index in [4.69, 9.17) is 5.11 Å². The number of halogens is 1. The molecule has 2 aliphatic rings. The summed E-state index contributed by atoms with van der Waals surface area (Å²) < 4.78 is 21.6. The summed E-state index contributed by atoms with van der Waals surface area (Å²) in [7, 11) is 0. The molecule has 0 amide bonds. The van der Waals surface area contributed by atoms with Crippen LogP contribution in [-0.4, -0.2) is 41.0 Å². The normalized spacial score (nSPS) is 22.1. The van der Waals surface area contributed by atoms with Crippen molar-refractivity contribution in [2.75, 3.05) is 18.0 Å². The molecule has 7 nitrogen and oxygen atoms in total. The van der Waals surface area contributed by atoms with E-state index in [-0.39, 0.29) is 29.3 Å². The quantitative estimate of drug-likeness (QED) is 0.744. The van der Waals surface area contributed by atoms with Crippen molar-refractivity contribution in [3.63, 3.8) is 0 Å². The average Bonchev–Trinajstić information content (AvgIpc) is 3.54. The van der Waals surface area contributed by atoms with Crippen molar-refractivity contribution < 1.29 is 19.0 Å². The molecule has 1 aromatic heterocycles. The number of nitrogens with one attached hydrogen (secondary N) is 1. The number of nitrogens with zero attached hydrogens (tertiary/aromatic N) is 2. The van der Waals surface area contributed by atoms with Crippen molar-refractivity contribution in [3.05, 3.63) is 34.4 Å². The fourth-order valence-corrected chi connectivity index (χ4v) is 4.13. The third-order valence-electron chi connectivity index (χ3n) is 5.88. The number of ether oxygens (including phenoxy) is 1. The van der Waals surface area contributed by atoms with Crippen LogP contribution in [0.4, 0.5) is 14.9 Å². The summed E-state index contributed by atoms with van der Waals surface area (Å²) in [5.74, 6) is -0.764. The predicted molar refractivity (Wildman–Crippen MR) is 109 cm³/mol. The fraction of sp³-hybridized carbons (Fsp3) is 0.524. The Kier molecular flexibility index (Phi) is 5.21. The number of pyridine rings is 1. The Hall–Kier alpha value is -2.61. The number of anilines is 1. The summed E-state index contributed by atoms with van der Waals surface area (Å²) in [5.41, 5.74) is 0.491. The van der Waals surface area contributed by atoms with Crippen molar-refractivity contribution in [3.8, 4) is 5.75 Å². The molecule has 29 heavy (non-hydrogen) atoms. The number of hydrogen-bond acceptors (Lipinski definition) is 5. The molecule has 0 bridgehead atoms. The lowest BCUT2D eigenvalue weighted by atomic mass is 10.0. The maximum atomic E-state index is 15.1. The van der Waals surface area contributed by atoms with Gasteiger partial charge in [0.05, 0.1) is 22.8 Å². The van der Waals surface area contributed by atoms with E-state index < -0.39 is 17.4 Å². The highest BCUT2D eigenvalue weighted by Crippen LogP contribution is 2.39. The smallest absolute Gasteiger partial charge is 0.449 e. The van der Waals surface area contributed by atoms with Gasteiger partial charge in [-0.25, -0.2) is 9.18 Å². The fourth-order valence-electron chi connectivity index (χ4n) is 4.13. The van der Waals surface area contributed by atoms with Crippen LogP contribution in [0, 0.1) is 5.82 Å². The number of fused-ring (bicyclic) bond motifs is 1. The standard InChI is InChI=1S/C21H26FN3O4/c1-3-12-9-24(10-13(4-2)23-12)18-8-17-15(7-16(18)22)20(26)19(29-21(27)28)11-25(17)14-5-6-14/h7-8,11-14,23H,3-6,9-10H2,1-2H3,(H,27,28). The third-order valence-corrected chi connectivity index (χ3v) is 5.88. The van der Waals surface area contributed by atoms with Crippen molar-refractivity contribution in [2.45, 2.75) is 57.7 Å². The molecule has 1 aliphatic heterocycles. The van der Waals surface area contributed by atoms with Gasteiger partial charge in [-0.1, -0.05) is 13.8 Å². The van der Waals surface area contributed by atoms with Crippen LogP contribution in [0.3, 0.4) is 0 Å². The highest BCUT2D eigenvalue weighted by molar-refractivity contribution is 5.85. The highest BCUT2D eigenvalue weighted by Gasteiger charge is 2.30. The zero-order valence-electron chi connectivity index (χ0n) is 16.7. The van der Waals surface area contributed by atoms with Gasteiger partial charge >= 0.3 is 6.16 Å². The number of aromatic nitrogens is 1. The average molecular weight is 403 g/mol. The van der Waals surface area contributed by atoms with Crippen LogP contribution in [0.1, 0.15) is 45.6 Å². The minimum absolute atomic E-state index is 0.145. The Balaban J connectivity index is 1.83. The molecule has 1 saturated heterocycles. The summed E-state index contributed by atoms with van der Waals surface area (Å²) in [6.45, 7) is 5.62. The van der Waals surface area contributed by atoms with Crippen LogP contribution in [0.5, 0.6) is 5.75 Å². The Morgan fingerprint density at radius 2 is 1.90 bits per heavy atom. The number of rotatable bonds is 5. The maximum Gasteiger partial charge on any atom is 0.511 e. The summed E-state index contributed by atoms with van der Waals surface area (Å²) in [5, 5.41) is 12.7. The molecule has 1 saturated carbocycles. The molecule has 1 aliphatic carbocycles. The van der Waals surface area contributed by atoms with Crippen molar-refractivity contribution in [1.29, 1.82) is 0 Å². The third kappa shape index (κ3) is 3.81. The zero-order chi connectivity index (χ0) is 20.7. The molecule has 0 spiro atoms.